The molecule has 2 aromatic rings. The Morgan fingerprint density at radius 2 is 1.62 bits per heavy atom. The molecule has 4 rings (SSSR count). The van der Waals surface area contributed by atoms with E-state index in [9.17, 15) is 9.59 Å². The number of hydrogen-bond donors (Lipinski definition) is 0. The highest BCUT2D eigenvalue weighted by molar-refractivity contribution is 6.10. The molecule has 2 heterocycles. The molecule has 0 aliphatic carbocycles. The summed E-state index contributed by atoms with van der Waals surface area (Å²) < 4.78 is 0. The molecule has 2 aliphatic rings. The molecule has 1 atom stereocenters. The third kappa shape index (κ3) is 1.29. The maximum Gasteiger partial charge on any atom is 0.328 e. The molecule has 0 bridgehead atoms. The molecule has 0 radical (unpaired) electrons. The van der Waals surface area contributed by atoms with Crippen LogP contribution in [-0.2, 0) is 16.9 Å². The van der Waals surface area contributed by atoms with E-state index in [-0.39, 0.29) is 11.9 Å². The first-order valence-corrected chi connectivity index (χ1v) is 6.91. The Morgan fingerprint density at radius 3 is 2.38 bits per heavy atom. The molecule has 0 unspecified atom stereocenters. The van der Waals surface area contributed by atoms with E-state index >= 15 is 0 Å². The Morgan fingerprint density at radius 1 is 0.952 bits per heavy atom. The first-order valence-electron chi connectivity index (χ1n) is 6.91. The summed E-state index contributed by atoms with van der Waals surface area (Å²) in [6.45, 7) is 0.472. The summed E-state index contributed by atoms with van der Waals surface area (Å²) in [6, 6.07) is 17.1. The minimum atomic E-state index is -0.996. The van der Waals surface area contributed by atoms with E-state index in [4.69, 9.17) is 0 Å². The van der Waals surface area contributed by atoms with Crippen molar-refractivity contribution < 1.29 is 9.59 Å². The zero-order chi connectivity index (χ0) is 14.6. The zero-order valence-electron chi connectivity index (χ0n) is 11.6. The van der Waals surface area contributed by atoms with Gasteiger partial charge < -0.3 is 0 Å². The van der Waals surface area contributed by atoms with Crippen LogP contribution in [-0.4, -0.2) is 28.8 Å². The van der Waals surface area contributed by atoms with Gasteiger partial charge >= 0.3 is 6.03 Å². The monoisotopic (exact) mass is 278 g/mol. The van der Waals surface area contributed by atoms with Crippen LogP contribution in [0.2, 0.25) is 0 Å². The average Bonchev–Trinajstić information content (AvgIpc) is 2.97. The normalized spacial score (nSPS) is 23.5. The molecule has 0 spiro atoms. The highest BCUT2D eigenvalue weighted by Crippen LogP contribution is 2.49. The Kier molecular flexibility index (Phi) is 2.28. The quantitative estimate of drug-likeness (QED) is 0.751. The lowest BCUT2D eigenvalue weighted by atomic mass is 9.82. The van der Waals surface area contributed by atoms with E-state index in [0.29, 0.717) is 6.54 Å². The second-order valence-electron chi connectivity index (χ2n) is 5.47. The number of carbonyl (C=O) groups is 2. The summed E-state index contributed by atoms with van der Waals surface area (Å²) >= 11 is 0. The number of imide groups is 1. The molecule has 2 aromatic carbocycles. The van der Waals surface area contributed by atoms with Crippen molar-refractivity contribution in [3.8, 4) is 0 Å². The van der Waals surface area contributed by atoms with Gasteiger partial charge in [0.2, 0.25) is 0 Å². The van der Waals surface area contributed by atoms with Gasteiger partial charge in [0.15, 0.2) is 5.54 Å². The molecule has 1 saturated heterocycles. The molecular formula is C17H14N2O2. The van der Waals surface area contributed by atoms with Crippen molar-refractivity contribution >= 4 is 11.9 Å². The number of fused-ring (bicyclic) bond motifs is 3. The molecule has 1 fully saturated rings. The van der Waals surface area contributed by atoms with Crippen molar-refractivity contribution in [2.45, 2.75) is 12.1 Å². The van der Waals surface area contributed by atoms with Gasteiger partial charge in [0.1, 0.15) is 0 Å². The number of rotatable bonds is 1. The van der Waals surface area contributed by atoms with E-state index in [1.165, 1.54) is 4.90 Å². The molecule has 0 aromatic heterocycles. The fraction of sp³-hybridized carbons (Fsp3) is 0.176. The standard InChI is InChI=1S/C17H14N2O2/c1-18-15(20)17(13-8-3-2-4-9-13)14-10-6-5-7-12(14)11-19(17)16(18)21/h2-10H,11H2,1H3/t17-/m1/s1. The Hall–Kier alpha value is -2.62. The number of hydrogen-bond acceptors (Lipinski definition) is 2. The molecule has 0 N–H and O–H groups in total. The average molecular weight is 278 g/mol. The summed E-state index contributed by atoms with van der Waals surface area (Å²) in [6.07, 6.45) is 0. The molecule has 21 heavy (non-hydrogen) atoms. The maximum atomic E-state index is 12.9. The molecule has 4 nitrogen and oxygen atoms in total. The minimum absolute atomic E-state index is 0.177. The topological polar surface area (TPSA) is 40.6 Å². The third-order valence-electron chi connectivity index (χ3n) is 4.46. The SMILES string of the molecule is CN1C(=O)N2Cc3ccccc3[C@]2(c2ccccc2)C1=O. The molecule has 4 heteroatoms. The van der Waals surface area contributed by atoms with Crippen molar-refractivity contribution in [2.75, 3.05) is 7.05 Å². The van der Waals surface area contributed by atoms with Gasteiger partial charge in [-0.25, -0.2) is 4.79 Å². The van der Waals surface area contributed by atoms with Gasteiger partial charge in [-0.3, -0.25) is 14.6 Å². The van der Waals surface area contributed by atoms with Crippen LogP contribution in [0.25, 0.3) is 0 Å². The van der Waals surface area contributed by atoms with E-state index in [0.717, 1.165) is 16.7 Å². The lowest BCUT2D eigenvalue weighted by Gasteiger charge is -2.29. The van der Waals surface area contributed by atoms with Crippen molar-refractivity contribution in [2.24, 2.45) is 0 Å². The third-order valence-corrected chi connectivity index (χ3v) is 4.46. The van der Waals surface area contributed by atoms with Crippen LogP contribution in [0.1, 0.15) is 16.7 Å². The number of amides is 3. The van der Waals surface area contributed by atoms with Gasteiger partial charge in [0.05, 0.1) is 0 Å². The van der Waals surface area contributed by atoms with Gasteiger partial charge in [-0.05, 0) is 16.7 Å². The van der Waals surface area contributed by atoms with E-state index in [1.54, 1.807) is 11.9 Å². The van der Waals surface area contributed by atoms with Crippen LogP contribution in [0.4, 0.5) is 4.79 Å². The number of likely N-dealkylation sites (N-methyl/N-ethyl adjacent to an activating group) is 1. The van der Waals surface area contributed by atoms with Crippen LogP contribution in [0, 0.1) is 0 Å². The van der Waals surface area contributed by atoms with Gasteiger partial charge in [-0.15, -0.1) is 0 Å². The maximum absolute atomic E-state index is 12.9. The van der Waals surface area contributed by atoms with Crippen LogP contribution in [0.15, 0.2) is 54.6 Å². The highest BCUT2D eigenvalue weighted by Gasteiger charge is 2.61. The number of nitrogens with zero attached hydrogens (tertiary/aromatic N) is 2. The van der Waals surface area contributed by atoms with Gasteiger partial charge in [-0.1, -0.05) is 54.6 Å². The van der Waals surface area contributed by atoms with Crippen molar-refractivity contribution in [3.63, 3.8) is 0 Å². The summed E-state index contributed by atoms with van der Waals surface area (Å²) in [5.41, 5.74) is 1.80. The summed E-state index contributed by atoms with van der Waals surface area (Å²) in [5, 5.41) is 0. The minimum Gasteiger partial charge on any atom is -0.297 e. The summed E-state index contributed by atoms with van der Waals surface area (Å²) in [5.74, 6) is -0.177. The Bertz CT molecular complexity index is 756. The molecule has 3 amide bonds. The van der Waals surface area contributed by atoms with Crippen molar-refractivity contribution in [1.29, 1.82) is 0 Å². The van der Waals surface area contributed by atoms with Crippen molar-refractivity contribution in [3.05, 3.63) is 71.3 Å². The number of benzene rings is 2. The second kappa shape index (κ2) is 3.95. The fourth-order valence-corrected chi connectivity index (χ4v) is 3.51. The van der Waals surface area contributed by atoms with Gasteiger partial charge in [0.25, 0.3) is 5.91 Å². The van der Waals surface area contributed by atoms with Gasteiger partial charge in [-0.2, -0.15) is 0 Å². The number of carbonyl (C=O) groups excluding carboxylic acids is 2. The Labute approximate surface area is 122 Å². The molecule has 2 aliphatic heterocycles. The lowest BCUT2D eigenvalue weighted by molar-refractivity contribution is -0.130. The first-order chi connectivity index (χ1) is 10.2. The lowest BCUT2D eigenvalue weighted by Crippen LogP contribution is -2.43. The van der Waals surface area contributed by atoms with Crippen LogP contribution in [0.3, 0.4) is 0 Å². The predicted octanol–water partition coefficient (Wildman–Crippen LogP) is 2.34. The van der Waals surface area contributed by atoms with E-state index in [1.807, 2.05) is 54.6 Å². The predicted molar refractivity (Wildman–Crippen MR) is 77.4 cm³/mol. The zero-order valence-corrected chi connectivity index (χ0v) is 11.6. The van der Waals surface area contributed by atoms with Crippen LogP contribution >= 0.6 is 0 Å². The Balaban J connectivity index is 2.07. The fourth-order valence-electron chi connectivity index (χ4n) is 3.51. The van der Waals surface area contributed by atoms with Crippen LogP contribution < -0.4 is 0 Å². The van der Waals surface area contributed by atoms with Crippen molar-refractivity contribution in [1.82, 2.24) is 9.80 Å². The van der Waals surface area contributed by atoms with Gasteiger partial charge in [0, 0.05) is 13.6 Å². The molecule has 104 valence electrons. The van der Waals surface area contributed by atoms with Crippen LogP contribution in [0.5, 0.6) is 0 Å². The summed E-state index contributed by atoms with van der Waals surface area (Å²) in [4.78, 5) is 28.3. The summed E-state index contributed by atoms with van der Waals surface area (Å²) in [7, 11) is 1.55. The van der Waals surface area contributed by atoms with E-state index in [2.05, 4.69) is 0 Å². The van der Waals surface area contributed by atoms with E-state index < -0.39 is 5.54 Å². The second-order valence-corrected chi connectivity index (χ2v) is 5.47. The highest BCUT2D eigenvalue weighted by atomic mass is 16.2. The smallest absolute Gasteiger partial charge is 0.297 e. The number of urea groups is 1. The molecule has 0 saturated carbocycles. The molecular weight excluding hydrogens is 264 g/mol. The largest absolute Gasteiger partial charge is 0.328 e. The first kappa shape index (κ1) is 12.1.